The average molecular weight is 276 g/mol. The van der Waals surface area contributed by atoms with Crippen LogP contribution >= 0.6 is 0 Å². The van der Waals surface area contributed by atoms with E-state index >= 15 is 0 Å². The van der Waals surface area contributed by atoms with Crippen LogP contribution in [0.2, 0.25) is 0 Å². The van der Waals surface area contributed by atoms with Crippen LogP contribution in [0, 0.1) is 6.92 Å². The number of carbonyl (C=O) groups is 1. The number of aryl methyl sites for hydroxylation is 1. The van der Waals surface area contributed by atoms with Crippen LogP contribution in [-0.4, -0.2) is 50.2 Å². The van der Waals surface area contributed by atoms with Gasteiger partial charge < -0.3 is 15.0 Å². The van der Waals surface area contributed by atoms with Crippen LogP contribution in [0.3, 0.4) is 0 Å². The molecule has 1 saturated heterocycles. The predicted molar refractivity (Wildman–Crippen MR) is 79.7 cm³/mol. The van der Waals surface area contributed by atoms with Gasteiger partial charge in [0, 0.05) is 19.6 Å². The number of nitrogens with zero attached hydrogens (tertiary/aromatic N) is 1. The number of nitrogens with one attached hydrogen (secondary N) is 1. The largest absolute Gasteiger partial charge is 0.375 e. The van der Waals surface area contributed by atoms with Crippen LogP contribution in [0.1, 0.15) is 17.5 Å². The van der Waals surface area contributed by atoms with Crippen LogP contribution in [-0.2, 0) is 16.0 Å². The molecule has 4 heteroatoms. The minimum atomic E-state index is 0.0831. The van der Waals surface area contributed by atoms with Gasteiger partial charge in [0.05, 0.1) is 19.1 Å². The van der Waals surface area contributed by atoms with E-state index in [2.05, 4.69) is 23.3 Å². The van der Waals surface area contributed by atoms with Gasteiger partial charge in [-0.15, -0.1) is 0 Å². The maximum atomic E-state index is 11.9. The van der Waals surface area contributed by atoms with Gasteiger partial charge in [-0.2, -0.15) is 0 Å². The summed E-state index contributed by atoms with van der Waals surface area (Å²) in [5, 5.41) is 2.98. The average Bonchev–Trinajstić information content (AvgIpc) is 2.38. The Kier molecular flexibility index (Phi) is 5.56. The van der Waals surface area contributed by atoms with E-state index in [0.717, 1.165) is 31.7 Å². The summed E-state index contributed by atoms with van der Waals surface area (Å²) in [7, 11) is 2.10. The van der Waals surface area contributed by atoms with E-state index < -0.39 is 0 Å². The number of carbonyl (C=O) groups excluding carboxylic acids is 1. The molecule has 20 heavy (non-hydrogen) atoms. The number of hydrogen-bond donors (Lipinski definition) is 1. The first-order valence-corrected chi connectivity index (χ1v) is 7.26. The summed E-state index contributed by atoms with van der Waals surface area (Å²) in [4.78, 5) is 14.1. The molecule has 2 rings (SSSR count). The lowest BCUT2D eigenvalue weighted by atomic mass is 10.1. The van der Waals surface area contributed by atoms with E-state index in [1.807, 2.05) is 25.1 Å². The van der Waals surface area contributed by atoms with Gasteiger partial charge >= 0.3 is 0 Å². The van der Waals surface area contributed by atoms with Crippen LogP contribution in [0.25, 0.3) is 0 Å². The van der Waals surface area contributed by atoms with Crippen molar-refractivity contribution in [1.82, 2.24) is 10.2 Å². The van der Waals surface area contributed by atoms with Crippen LogP contribution in [0.15, 0.2) is 24.3 Å². The molecule has 0 saturated carbocycles. The van der Waals surface area contributed by atoms with Gasteiger partial charge in [-0.25, -0.2) is 0 Å². The predicted octanol–water partition coefficient (Wildman–Crippen LogP) is 1.37. The molecule has 1 aromatic rings. The molecule has 0 aromatic heterocycles. The normalized spacial score (nSPS) is 19.8. The minimum Gasteiger partial charge on any atom is -0.375 e. The zero-order valence-corrected chi connectivity index (χ0v) is 12.4. The van der Waals surface area contributed by atoms with Crippen molar-refractivity contribution in [2.75, 3.05) is 33.3 Å². The maximum absolute atomic E-state index is 11.9. The Balaban J connectivity index is 1.67. The van der Waals surface area contributed by atoms with Crippen molar-refractivity contribution in [2.24, 2.45) is 0 Å². The third kappa shape index (κ3) is 4.94. The number of ether oxygens (including phenoxy) is 1. The Bertz CT molecular complexity index is 448. The molecule has 0 bridgehead atoms. The molecule has 0 aliphatic carbocycles. The van der Waals surface area contributed by atoms with Crippen molar-refractivity contribution in [2.45, 2.75) is 25.9 Å². The van der Waals surface area contributed by atoms with Crippen molar-refractivity contribution in [3.05, 3.63) is 35.4 Å². The lowest BCUT2D eigenvalue weighted by Crippen LogP contribution is -2.41. The second kappa shape index (κ2) is 7.41. The van der Waals surface area contributed by atoms with E-state index in [1.54, 1.807) is 0 Å². The second-order valence-electron chi connectivity index (χ2n) is 5.56. The fourth-order valence-electron chi connectivity index (χ4n) is 2.48. The van der Waals surface area contributed by atoms with Gasteiger partial charge in [0.25, 0.3) is 0 Å². The number of morpholine rings is 1. The van der Waals surface area contributed by atoms with Crippen LogP contribution < -0.4 is 5.32 Å². The molecular formula is C16H24N2O2. The molecule has 1 amide bonds. The Labute approximate surface area is 121 Å². The second-order valence-corrected chi connectivity index (χ2v) is 5.56. The highest BCUT2D eigenvalue weighted by atomic mass is 16.5. The lowest BCUT2D eigenvalue weighted by molar-refractivity contribution is -0.120. The summed E-state index contributed by atoms with van der Waals surface area (Å²) < 4.78 is 5.67. The number of benzene rings is 1. The van der Waals surface area contributed by atoms with Crippen molar-refractivity contribution >= 4 is 5.91 Å². The maximum Gasteiger partial charge on any atom is 0.224 e. The van der Waals surface area contributed by atoms with Crippen LogP contribution in [0.5, 0.6) is 0 Å². The molecular weight excluding hydrogens is 252 g/mol. The molecule has 0 spiro atoms. The zero-order chi connectivity index (χ0) is 14.4. The summed E-state index contributed by atoms with van der Waals surface area (Å²) in [5.74, 6) is 0.0831. The summed E-state index contributed by atoms with van der Waals surface area (Å²) in [6, 6.07) is 8.08. The highest BCUT2D eigenvalue weighted by molar-refractivity contribution is 5.78. The Morgan fingerprint density at radius 1 is 1.50 bits per heavy atom. The van der Waals surface area contributed by atoms with Crippen LogP contribution in [0.4, 0.5) is 0 Å². The Hall–Kier alpha value is -1.39. The monoisotopic (exact) mass is 276 g/mol. The molecule has 1 heterocycles. The molecule has 4 nitrogen and oxygen atoms in total. The highest BCUT2D eigenvalue weighted by Gasteiger charge is 2.17. The van der Waals surface area contributed by atoms with Crippen molar-refractivity contribution in [1.29, 1.82) is 0 Å². The molecule has 1 aliphatic rings. The molecule has 1 N–H and O–H groups in total. The molecule has 1 fully saturated rings. The number of rotatable bonds is 5. The van der Waals surface area contributed by atoms with E-state index in [1.165, 1.54) is 5.56 Å². The number of hydrogen-bond acceptors (Lipinski definition) is 3. The van der Waals surface area contributed by atoms with Crippen molar-refractivity contribution < 1.29 is 9.53 Å². The van der Waals surface area contributed by atoms with Gasteiger partial charge in [0.15, 0.2) is 0 Å². The molecule has 0 radical (unpaired) electrons. The zero-order valence-electron chi connectivity index (χ0n) is 12.4. The standard InChI is InChI=1S/C16H24N2O2/c1-13-4-3-5-14(10-13)11-16(19)17-7-6-15-12-18(2)8-9-20-15/h3-5,10,15H,6-9,11-12H2,1-2H3,(H,17,19). The molecule has 1 atom stereocenters. The van der Waals surface area contributed by atoms with E-state index in [9.17, 15) is 4.79 Å². The minimum absolute atomic E-state index is 0.0831. The van der Waals surface area contributed by atoms with E-state index in [-0.39, 0.29) is 12.0 Å². The van der Waals surface area contributed by atoms with E-state index in [0.29, 0.717) is 13.0 Å². The van der Waals surface area contributed by atoms with Gasteiger partial charge in [0.2, 0.25) is 5.91 Å². The van der Waals surface area contributed by atoms with Gasteiger partial charge in [-0.3, -0.25) is 4.79 Å². The number of amides is 1. The van der Waals surface area contributed by atoms with Gasteiger partial charge in [0.1, 0.15) is 0 Å². The Morgan fingerprint density at radius 3 is 3.10 bits per heavy atom. The van der Waals surface area contributed by atoms with Crippen molar-refractivity contribution in [3.8, 4) is 0 Å². The topological polar surface area (TPSA) is 41.6 Å². The van der Waals surface area contributed by atoms with Gasteiger partial charge in [-0.1, -0.05) is 29.8 Å². The number of likely N-dealkylation sites (N-methyl/N-ethyl adjacent to an activating group) is 1. The van der Waals surface area contributed by atoms with E-state index in [4.69, 9.17) is 4.74 Å². The highest BCUT2D eigenvalue weighted by Crippen LogP contribution is 2.07. The molecule has 110 valence electrons. The molecule has 1 aliphatic heterocycles. The summed E-state index contributed by atoms with van der Waals surface area (Å²) in [5.41, 5.74) is 2.25. The third-order valence-corrected chi connectivity index (χ3v) is 3.58. The fourth-order valence-corrected chi connectivity index (χ4v) is 2.48. The first-order valence-electron chi connectivity index (χ1n) is 7.26. The smallest absolute Gasteiger partial charge is 0.224 e. The Morgan fingerprint density at radius 2 is 2.35 bits per heavy atom. The summed E-state index contributed by atoms with van der Waals surface area (Å²) >= 11 is 0. The van der Waals surface area contributed by atoms with Gasteiger partial charge in [-0.05, 0) is 26.0 Å². The lowest BCUT2D eigenvalue weighted by Gasteiger charge is -2.30. The molecule has 1 unspecified atom stereocenters. The quantitative estimate of drug-likeness (QED) is 0.883. The molecule has 1 aromatic carbocycles. The van der Waals surface area contributed by atoms with Crippen molar-refractivity contribution in [3.63, 3.8) is 0 Å². The first kappa shape index (κ1) is 15.0. The summed E-state index contributed by atoms with van der Waals surface area (Å²) in [6.07, 6.45) is 1.57. The fraction of sp³-hybridized carbons (Fsp3) is 0.562. The SMILES string of the molecule is Cc1cccc(CC(=O)NCCC2CN(C)CCO2)c1. The third-order valence-electron chi connectivity index (χ3n) is 3.58. The first-order chi connectivity index (χ1) is 9.63. The summed E-state index contributed by atoms with van der Waals surface area (Å²) in [6.45, 7) is 5.46.